The molecule has 0 atom stereocenters. The van der Waals surface area contributed by atoms with Gasteiger partial charge in [-0.3, -0.25) is 14.9 Å². The third-order valence-electron chi connectivity index (χ3n) is 2.59. The maximum Gasteiger partial charge on any atom is 0.304 e. The van der Waals surface area contributed by atoms with Crippen molar-refractivity contribution in [3.8, 4) is 0 Å². The van der Waals surface area contributed by atoms with E-state index >= 15 is 0 Å². The fraction of sp³-hybridized carbons (Fsp3) is 0.0769. The summed E-state index contributed by atoms with van der Waals surface area (Å²) in [6.45, 7) is 1.67. The molecule has 0 bridgehead atoms. The third-order valence-corrected chi connectivity index (χ3v) is 2.78. The molecule has 0 fully saturated rings. The fourth-order valence-corrected chi connectivity index (χ4v) is 1.95. The van der Waals surface area contributed by atoms with E-state index in [1.807, 2.05) is 0 Å². The summed E-state index contributed by atoms with van der Waals surface area (Å²) in [6.07, 6.45) is 0. The maximum atomic E-state index is 13.5. The molecular formula is C13H9ClFN3O3. The number of carbonyl (C=O) groups is 1. The number of nitro groups is 1. The van der Waals surface area contributed by atoms with Crippen LogP contribution in [0.2, 0.25) is 5.15 Å². The first-order valence-corrected chi connectivity index (χ1v) is 6.14. The smallest absolute Gasteiger partial charge is 0.304 e. The van der Waals surface area contributed by atoms with Gasteiger partial charge in [-0.05, 0) is 25.1 Å². The average Bonchev–Trinajstić information content (AvgIpc) is 2.37. The predicted octanol–water partition coefficient (Wildman–Crippen LogP) is 3.34. The van der Waals surface area contributed by atoms with Crippen molar-refractivity contribution in [2.75, 3.05) is 5.32 Å². The van der Waals surface area contributed by atoms with Gasteiger partial charge >= 0.3 is 5.69 Å². The van der Waals surface area contributed by atoms with Gasteiger partial charge in [0.25, 0.3) is 5.91 Å². The minimum absolute atomic E-state index is 0.105. The molecule has 6 nitrogen and oxygen atoms in total. The number of nitrogens with zero attached hydrogens (tertiary/aromatic N) is 2. The molecule has 1 heterocycles. The Hall–Kier alpha value is -2.54. The molecule has 2 aromatic rings. The topological polar surface area (TPSA) is 85.1 Å². The molecule has 0 aliphatic carbocycles. The van der Waals surface area contributed by atoms with Crippen LogP contribution in [0.5, 0.6) is 0 Å². The molecule has 0 saturated carbocycles. The van der Waals surface area contributed by atoms with Crippen molar-refractivity contribution in [1.29, 1.82) is 0 Å². The Kier molecular flexibility index (Phi) is 4.13. The first-order valence-electron chi connectivity index (χ1n) is 5.76. The van der Waals surface area contributed by atoms with Crippen LogP contribution >= 0.6 is 11.6 Å². The van der Waals surface area contributed by atoms with Crippen LogP contribution in [0.3, 0.4) is 0 Å². The van der Waals surface area contributed by atoms with Crippen LogP contribution in [-0.2, 0) is 0 Å². The molecule has 0 aliphatic heterocycles. The number of rotatable bonds is 3. The highest BCUT2D eigenvalue weighted by Crippen LogP contribution is 2.21. The highest BCUT2D eigenvalue weighted by Gasteiger charge is 2.15. The van der Waals surface area contributed by atoms with Crippen molar-refractivity contribution in [2.24, 2.45) is 0 Å². The van der Waals surface area contributed by atoms with Crippen LogP contribution < -0.4 is 5.32 Å². The molecule has 108 valence electrons. The number of aryl methyl sites for hydroxylation is 1. The molecule has 21 heavy (non-hydrogen) atoms. The number of amides is 1. The molecule has 0 aliphatic rings. The number of aromatic nitrogens is 1. The van der Waals surface area contributed by atoms with Crippen LogP contribution in [0, 0.1) is 22.9 Å². The van der Waals surface area contributed by atoms with Crippen LogP contribution in [0.25, 0.3) is 0 Å². The lowest BCUT2D eigenvalue weighted by Gasteiger charge is -2.06. The summed E-state index contributed by atoms with van der Waals surface area (Å²) in [5.41, 5.74) is 0.262. The second-order valence-corrected chi connectivity index (χ2v) is 4.58. The average molecular weight is 310 g/mol. The largest absolute Gasteiger partial charge is 0.322 e. The Bertz CT molecular complexity index is 716. The molecule has 2 rings (SSSR count). The van der Waals surface area contributed by atoms with Crippen LogP contribution in [0.15, 0.2) is 30.3 Å². The van der Waals surface area contributed by atoms with E-state index in [0.29, 0.717) is 5.69 Å². The Morgan fingerprint density at radius 3 is 2.67 bits per heavy atom. The number of pyridine rings is 1. The molecule has 1 aromatic heterocycles. The van der Waals surface area contributed by atoms with Crippen molar-refractivity contribution in [3.05, 3.63) is 62.7 Å². The fourth-order valence-electron chi connectivity index (χ4n) is 1.70. The lowest BCUT2D eigenvalue weighted by atomic mass is 10.2. The van der Waals surface area contributed by atoms with E-state index in [1.165, 1.54) is 18.2 Å². The van der Waals surface area contributed by atoms with Gasteiger partial charge < -0.3 is 5.32 Å². The van der Waals surface area contributed by atoms with Gasteiger partial charge in [0, 0.05) is 29.1 Å². The van der Waals surface area contributed by atoms with Crippen LogP contribution in [-0.4, -0.2) is 15.8 Å². The van der Waals surface area contributed by atoms with Crippen LogP contribution in [0.4, 0.5) is 15.8 Å². The summed E-state index contributed by atoms with van der Waals surface area (Å²) in [6, 6.07) is 5.99. The molecule has 0 unspecified atom stereocenters. The minimum atomic E-state index is -1.03. The van der Waals surface area contributed by atoms with E-state index in [9.17, 15) is 19.3 Å². The van der Waals surface area contributed by atoms with E-state index < -0.39 is 22.3 Å². The molecule has 0 saturated heterocycles. The number of hydrogen-bond acceptors (Lipinski definition) is 4. The quantitative estimate of drug-likeness (QED) is 0.535. The SMILES string of the molecule is Cc1cc(C(=O)Nc2ccc([N+](=O)[O-])c(F)c2)cc(Cl)n1. The van der Waals surface area contributed by atoms with Gasteiger partial charge in [-0.1, -0.05) is 11.6 Å². The van der Waals surface area contributed by atoms with Gasteiger partial charge in [-0.15, -0.1) is 0 Å². The second-order valence-electron chi connectivity index (χ2n) is 4.20. The molecule has 1 aromatic carbocycles. The van der Waals surface area contributed by atoms with Crippen molar-refractivity contribution in [1.82, 2.24) is 4.98 Å². The first kappa shape index (κ1) is 14.9. The zero-order chi connectivity index (χ0) is 15.6. The standard InChI is InChI=1S/C13H9ClFN3O3/c1-7-4-8(5-12(14)16-7)13(19)17-9-2-3-11(18(20)21)10(15)6-9/h2-6H,1H3,(H,17,19). The number of carbonyl (C=O) groups excluding carboxylic acids is 1. The van der Waals surface area contributed by atoms with Gasteiger partial charge in [0.15, 0.2) is 0 Å². The highest BCUT2D eigenvalue weighted by atomic mass is 35.5. The normalized spacial score (nSPS) is 10.2. The van der Waals surface area contributed by atoms with E-state index in [2.05, 4.69) is 10.3 Å². The molecule has 1 N–H and O–H groups in total. The molecule has 1 amide bonds. The highest BCUT2D eigenvalue weighted by molar-refractivity contribution is 6.29. The molecule has 0 radical (unpaired) electrons. The van der Waals surface area contributed by atoms with Gasteiger partial charge in [-0.25, -0.2) is 4.98 Å². The maximum absolute atomic E-state index is 13.5. The Morgan fingerprint density at radius 1 is 1.38 bits per heavy atom. The molecular weight excluding hydrogens is 301 g/mol. The van der Waals surface area contributed by atoms with E-state index in [4.69, 9.17) is 11.6 Å². The zero-order valence-corrected chi connectivity index (χ0v) is 11.5. The van der Waals surface area contributed by atoms with Gasteiger partial charge in [0.2, 0.25) is 5.82 Å². The lowest BCUT2D eigenvalue weighted by molar-refractivity contribution is -0.387. The predicted molar refractivity (Wildman–Crippen MR) is 75.0 cm³/mol. The zero-order valence-electron chi connectivity index (χ0n) is 10.8. The first-order chi connectivity index (χ1) is 9.86. The number of halogens is 2. The molecule has 0 spiro atoms. The number of nitrogens with one attached hydrogen (secondary N) is 1. The van der Waals surface area contributed by atoms with E-state index in [1.54, 1.807) is 6.92 Å². The van der Waals surface area contributed by atoms with Crippen molar-refractivity contribution < 1.29 is 14.1 Å². The Balaban J connectivity index is 2.23. The van der Waals surface area contributed by atoms with Crippen molar-refractivity contribution >= 4 is 28.9 Å². The van der Waals surface area contributed by atoms with Crippen LogP contribution in [0.1, 0.15) is 16.1 Å². The van der Waals surface area contributed by atoms with Crippen molar-refractivity contribution in [3.63, 3.8) is 0 Å². The van der Waals surface area contributed by atoms with Gasteiger partial charge in [-0.2, -0.15) is 4.39 Å². The molecule has 8 heteroatoms. The Morgan fingerprint density at radius 2 is 2.10 bits per heavy atom. The van der Waals surface area contributed by atoms with E-state index in [-0.39, 0.29) is 16.4 Å². The van der Waals surface area contributed by atoms with E-state index in [0.717, 1.165) is 12.1 Å². The summed E-state index contributed by atoms with van der Waals surface area (Å²) in [7, 11) is 0. The number of nitro benzene ring substituents is 1. The second kappa shape index (κ2) is 5.84. The summed E-state index contributed by atoms with van der Waals surface area (Å²) >= 11 is 5.75. The summed E-state index contributed by atoms with van der Waals surface area (Å²) in [4.78, 5) is 25.6. The number of benzene rings is 1. The van der Waals surface area contributed by atoms with Gasteiger partial charge in [0.1, 0.15) is 5.15 Å². The lowest BCUT2D eigenvalue weighted by Crippen LogP contribution is -2.12. The Labute approximate surface area is 123 Å². The summed E-state index contributed by atoms with van der Waals surface area (Å²) < 4.78 is 13.5. The monoisotopic (exact) mass is 309 g/mol. The summed E-state index contributed by atoms with van der Waals surface area (Å²) in [5, 5.41) is 13.1. The third kappa shape index (κ3) is 3.51. The number of hydrogen-bond donors (Lipinski definition) is 1. The summed E-state index contributed by atoms with van der Waals surface area (Å²) in [5.74, 6) is -1.54. The van der Waals surface area contributed by atoms with Gasteiger partial charge in [0.05, 0.1) is 4.92 Å². The van der Waals surface area contributed by atoms with Crippen molar-refractivity contribution in [2.45, 2.75) is 6.92 Å². The number of anilines is 1. The minimum Gasteiger partial charge on any atom is -0.322 e.